The summed E-state index contributed by atoms with van der Waals surface area (Å²) in [5.74, 6) is -0.616. The van der Waals surface area contributed by atoms with Gasteiger partial charge in [0.25, 0.3) is 5.95 Å². The fourth-order valence-corrected chi connectivity index (χ4v) is 4.51. The van der Waals surface area contributed by atoms with Gasteiger partial charge in [0.1, 0.15) is 19.2 Å². The minimum Gasteiger partial charge on any atom is -0.465 e. The van der Waals surface area contributed by atoms with Crippen molar-refractivity contribution in [2.24, 2.45) is 0 Å². The Balaban J connectivity index is 1.62. The fourth-order valence-electron chi connectivity index (χ4n) is 4.51. The zero-order valence-electron chi connectivity index (χ0n) is 20.0. The average molecular weight is 484 g/mol. The van der Waals surface area contributed by atoms with Gasteiger partial charge in [0, 0.05) is 5.70 Å². The number of anilines is 1. The molecule has 3 aromatic carbocycles. The molecule has 0 saturated carbocycles. The molecule has 182 valence electrons. The molecule has 1 aromatic heterocycles. The van der Waals surface area contributed by atoms with Gasteiger partial charge in [-0.3, -0.25) is 4.79 Å². The SMILES string of the molecule is CCOC(=O)CN1C(C)=C(C(=O)OCc2ccccc2)C(c2cccc3ccccc23)n2nnnc21. The summed E-state index contributed by atoms with van der Waals surface area (Å²) in [4.78, 5) is 27.7. The first-order valence-corrected chi connectivity index (χ1v) is 11.7. The van der Waals surface area contributed by atoms with Crippen molar-refractivity contribution in [2.45, 2.75) is 26.5 Å². The van der Waals surface area contributed by atoms with E-state index in [9.17, 15) is 9.59 Å². The van der Waals surface area contributed by atoms with E-state index in [1.165, 1.54) is 0 Å². The van der Waals surface area contributed by atoms with Gasteiger partial charge in [0.2, 0.25) is 0 Å². The number of rotatable bonds is 7. The summed E-state index contributed by atoms with van der Waals surface area (Å²) in [6, 6.07) is 22.7. The molecule has 9 heteroatoms. The highest BCUT2D eigenvalue weighted by molar-refractivity contribution is 5.95. The van der Waals surface area contributed by atoms with Crippen LogP contribution in [-0.2, 0) is 25.7 Å². The molecule has 0 fully saturated rings. The molecule has 1 aliphatic rings. The first kappa shape index (κ1) is 23.2. The van der Waals surface area contributed by atoms with Gasteiger partial charge in [-0.05, 0) is 46.2 Å². The quantitative estimate of drug-likeness (QED) is 0.366. The van der Waals surface area contributed by atoms with Crippen molar-refractivity contribution in [1.29, 1.82) is 0 Å². The molecule has 0 bridgehead atoms. The predicted octanol–water partition coefficient (Wildman–Crippen LogP) is 3.82. The van der Waals surface area contributed by atoms with Crippen LogP contribution in [0, 0.1) is 0 Å². The molecule has 2 heterocycles. The second-order valence-corrected chi connectivity index (χ2v) is 8.35. The summed E-state index contributed by atoms with van der Waals surface area (Å²) in [7, 11) is 0. The zero-order chi connectivity index (χ0) is 25.1. The number of fused-ring (bicyclic) bond motifs is 2. The van der Waals surface area contributed by atoms with Crippen molar-refractivity contribution >= 4 is 28.7 Å². The van der Waals surface area contributed by atoms with Crippen LogP contribution in [0.1, 0.15) is 31.0 Å². The number of tetrazole rings is 1. The number of benzene rings is 3. The van der Waals surface area contributed by atoms with Crippen LogP contribution in [0.25, 0.3) is 10.8 Å². The van der Waals surface area contributed by atoms with E-state index in [2.05, 4.69) is 15.5 Å². The van der Waals surface area contributed by atoms with E-state index in [1.54, 1.807) is 23.4 Å². The number of nitrogens with zero attached hydrogens (tertiary/aromatic N) is 5. The molecule has 4 aromatic rings. The summed E-state index contributed by atoms with van der Waals surface area (Å²) in [6.45, 7) is 3.72. The van der Waals surface area contributed by atoms with Crippen molar-refractivity contribution in [3.63, 3.8) is 0 Å². The van der Waals surface area contributed by atoms with Gasteiger partial charge < -0.3 is 14.4 Å². The van der Waals surface area contributed by atoms with Crippen LogP contribution in [0.15, 0.2) is 84.1 Å². The van der Waals surface area contributed by atoms with E-state index < -0.39 is 18.0 Å². The smallest absolute Gasteiger partial charge is 0.338 e. The maximum Gasteiger partial charge on any atom is 0.338 e. The van der Waals surface area contributed by atoms with Gasteiger partial charge in [-0.2, -0.15) is 4.68 Å². The van der Waals surface area contributed by atoms with Crippen LogP contribution in [0.3, 0.4) is 0 Å². The third-order valence-corrected chi connectivity index (χ3v) is 6.17. The lowest BCUT2D eigenvalue weighted by Crippen LogP contribution is -2.40. The number of hydrogen-bond acceptors (Lipinski definition) is 8. The normalized spacial score (nSPS) is 15.1. The minimum atomic E-state index is -0.650. The van der Waals surface area contributed by atoms with Crippen molar-refractivity contribution in [3.8, 4) is 0 Å². The van der Waals surface area contributed by atoms with E-state index in [0.717, 1.165) is 21.9 Å². The van der Waals surface area contributed by atoms with Crippen molar-refractivity contribution in [1.82, 2.24) is 20.2 Å². The van der Waals surface area contributed by atoms with Crippen molar-refractivity contribution < 1.29 is 19.1 Å². The summed E-state index contributed by atoms with van der Waals surface area (Å²) < 4.78 is 12.5. The third-order valence-electron chi connectivity index (χ3n) is 6.17. The molecule has 0 spiro atoms. The number of carbonyl (C=O) groups is 2. The molecule has 0 radical (unpaired) electrons. The number of ether oxygens (including phenoxy) is 2. The average Bonchev–Trinajstić information content (AvgIpc) is 3.39. The zero-order valence-corrected chi connectivity index (χ0v) is 20.0. The number of aromatic nitrogens is 4. The van der Waals surface area contributed by atoms with Crippen LogP contribution in [0.4, 0.5) is 5.95 Å². The van der Waals surface area contributed by atoms with E-state index in [1.807, 2.05) is 72.8 Å². The Morgan fingerprint density at radius 2 is 1.69 bits per heavy atom. The summed E-state index contributed by atoms with van der Waals surface area (Å²) in [5.41, 5.74) is 2.60. The monoisotopic (exact) mass is 483 g/mol. The number of allylic oxidation sites excluding steroid dienone is 1. The van der Waals surface area contributed by atoms with Gasteiger partial charge in [0.05, 0.1) is 12.2 Å². The molecular weight excluding hydrogens is 458 g/mol. The lowest BCUT2D eigenvalue weighted by atomic mass is 9.91. The molecule has 1 aliphatic heterocycles. The van der Waals surface area contributed by atoms with Gasteiger partial charge in [-0.15, -0.1) is 0 Å². The molecule has 1 atom stereocenters. The van der Waals surface area contributed by atoms with Gasteiger partial charge in [-0.25, -0.2) is 4.79 Å². The topological polar surface area (TPSA) is 99.4 Å². The van der Waals surface area contributed by atoms with E-state index >= 15 is 0 Å². The maximum atomic E-state index is 13.7. The van der Waals surface area contributed by atoms with Crippen molar-refractivity contribution in [2.75, 3.05) is 18.1 Å². The predicted molar refractivity (Wildman–Crippen MR) is 133 cm³/mol. The third kappa shape index (κ3) is 4.31. The molecule has 0 amide bonds. The number of hydrogen-bond donors (Lipinski definition) is 0. The van der Waals surface area contributed by atoms with Gasteiger partial charge in [-0.1, -0.05) is 77.9 Å². The summed E-state index contributed by atoms with van der Waals surface area (Å²) >= 11 is 0. The maximum absolute atomic E-state index is 13.7. The Morgan fingerprint density at radius 3 is 2.50 bits per heavy atom. The highest BCUT2D eigenvalue weighted by Crippen LogP contribution is 2.40. The van der Waals surface area contributed by atoms with Crippen LogP contribution >= 0.6 is 0 Å². The van der Waals surface area contributed by atoms with Crippen LogP contribution in [0.2, 0.25) is 0 Å². The van der Waals surface area contributed by atoms with Crippen LogP contribution in [0.5, 0.6) is 0 Å². The summed E-state index contributed by atoms with van der Waals surface area (Å²) in [6.07, 6.45) is 0. The van der Waals surface area contributed by atoms with Crippen LogP contribution < -0.4 is 4.90 Å². The molecule has 0 saturated heterocycles. The molecule has 0 N–H and O–H groups in total. The van der Waals surface area contributed by atoms with E-state index in [0.29, 0.717) is 17.2 Å². The molecule has 1 unspecified atom stereocenters. The minimum absolute atomic E-state index is 0.110. The van der Waals surface area contributed by atoms with E-state index in [4.69, 9.17) is 9.47 Å². The molecular formula is C27H25N5O4. The molecule has 9 nitrogen and oxygen atoms in total. The Hall–Kier alpha value is -4.53. The molecule has 0 aliphatic carbocycles. The van der Waals surface area contributed by atoms with Gasteiger partial charge in [0.15, 0.2) is 0 Å². The Labute approximate surface area is 207 Å². The first-order valence-electron chi connectivity index (χ1n) is 11.7. The molecule has 5 rings (SSSR count). The highest BCUT2D eigenvalue weighted by atomic mass is 16.5. The Bertz CT molecular complexity index is 1440. The second kappa shape index (κ2) is 9.99. The Kier molecular flexibility index (Phi) is 6.44. The largest absolute Gasteiger partial charge is 0.465 e. The standard InChI is InChI=1S/C27H25N5O4/c1-3-35-23(33)16-31-18(2)24(26(34)36-17-19-10-5-4-6-11-19)25(32-27(31)28-29-30-32)22-15-9-13-20-12-7-8-14-21(20)22/h4-15,25H,3,16-17H2,1-2H3. The highest BCUT2D eigenvalue weighted by Gasteiger charge is 2.40. The van der Waals surface area contributed by atoms with Crippen LogP contribution in [-0.4, -0.2) is 45.3 Å². The van der Waals surface area contributed by atoms with E-state index in [-0.39, 0.29) is 19.8 Å². The van der Waals surface area contributed by atoms with Crippen molar-refractivity contribution in [3.05, 3.63) is 95.2 Å². The van der Waals surface area contributed by atoms with Gasteiger partial charge >= 0.3 is 11.9 Å². The second-order valence-electron chi connectivity index (χ2n) is 8.35. The Morgan fingerprint density at radius 1 is 0.944 bits per heavy atom. The lowest BCUT2D eigenvalue weighted by molar-refractivity contribution is -0.142. The summed E-state index contributed by atoms with van der Waals surface area (Å²) in [5, 5.41) is 14.3. The lowest BCUT2D eigenvalue weighted by Gasteiger charge is -2.34. The first-order chi connectivity index (χ1) is 17.6. The fraction of sp³-hybridized carbons (Fsp3) is 0.222. The number of carbonyl (C=O) groups excluding carboxylic acids is 2. The molecule has 36 heavy (non-hydrogen) atoms. The number of esters is 2.